The molecule has 0 radical (unpaired) electrons. The van der Waals surface area contributed by atoms with Gasteiger partial charge in [-0.25, -0.2) is 0 Å². The fraction of sp³-hybridized carbons (Fsp3) is 0.476. The van der Waals surface area contributed by atoms with Crippen molar-refractivity contribution in [3.05, 3.63) is 40.6 Å². The number of aliphatic hydroxyl groups excluding tert-OH is 1. The summed E-state index contributed by atoms with van der Waals surface area (Å²) < 4.78 is 5.46. The van der Waals surface area contributed by atoms with Gasteiger partial charge < -0.3 is 19.6 Å². The fourth-order valence-electron chi connectivity index (χ4n) is 4.36. The van der Waals surface area contributed by atoms with E-state index in [1.807, 2.05) is 17.5 Å². The van der Waals surface area contributed by atoms with Gasteiger partial charge in [0, 0.05) is 48.0 Å². The first-order chi connectivity index (χ1) is 14.3. The van der Waals surface area contributed by atoms with Crippen molar-refractivity contribution in [3.8, 4) is 0 Å². The molecule has 0 bridgehead atoms. The molecular weight excluding hydrogens is 386 g/mol. The van der Waals surface area contributed by atoms with Crippen molar-refractivity contribution in [2.75, 3.05) is 49.2 Å². The van der Waals surface area contributed by atoms with Crippen molar-refractivity contribution in [3.63, 3.8) is 0 Å². The quantitative estimate of drug-likeness (QED) is 0.707. The standard InChI is InChI=1S/C21H25N5O2S/c27-20(19-4-2-12-29-19)15-3-1-7-26(14-15)21-17-6-5-16(13-18(17)22-24-23-21)25-8-10-28-11-9-25/h2,4-6,12-13,15,20,27H,1,3,7-11,14H2/t15-,20+/m0/s1. The Kier molecular flexibility index (Phi) is 5.30. The van der Waals surface area contributed by atoms with Gasteiger partial charge in [0.2, 0.25) is 0 Å². The number of ether oxygens (including phenoxy) is 1. The predicted octanol–water partition coefficient (Wildman–Crippen LogP) is 2.87. The van der Waals surface area contributed by atoms with Gasteiger partial charge in [-0.2, -0.15) is 0 Å². The Morgan fingerprint density at radius 2 is 2.00 bits per heavy atom. The van der Waals surface area contributed by atoms with E-state index in [9.17, 15) is 5.11 Å². The number of nitrogens with zero attached hydrogens (tertiary/aromatic N) is 5. The second kappa shape index (κ2) is 8.22. The predicted molar refractivity (Wildman–Crippen MR) is 115 cm³/mol. The zero-order chi connectivity index (χ0) is 19.6. The summed E-state index contributed by atoms with van der Waals surface area (Å²) in [6.07, 6.45) is 1.63. The highest BCUT2D eigenvalue weighted by molar-refractivity contribution is 7.10. The highest BCUT2D eigenvalue weighted by Crippen LogP contribution is 2.35. The van der Waals surface area contributed by atoms with Crippen molar-refractivity contribution in [1.29, 1.82) is 0 Å². The van der Waals surface area contributed by atoms with E-state index in [0.29, 0.717) is 0 Å². The van der Waals surface area contributed by atoms with E-state index < -0.39 is 6.10 Å². The van der Waals surface area contributed by atoms with Crippen molar-refractivity contribution in [2.24, 2.45) is 5.92 Å². The van der Waals surface area contributed by atoms with Gasteiger partial charge in [0.25, 0.3) is 0 Å². The first kappa shape index (κ1) is 18.7. The third kappa shape index (κ3) is 3.80. The molecule has 152 valence electrons. The fourth-order valence-corrected chi connectivity index (χ4v) is 5.17. The van der Waals surface area contributed by atoms with Crippen molar-refractivity contribution in [1.82, 2.24) is 15.4 Å². The van der Waals surface area contributed by atoms with Crippen LogP contribution < -0.4 is 9.80 Å². The van der Waals surface area contributed by atoms with E-state index >= 15 is 0 Å². The Morgan fingerprint density at radius 1 is 1.10 bits per heavy atom. The highest BCUT2D eigenvalue weighted by atomic mass is 32.1. The summed E-state index contributed by atoms with van der Waals surface area (Å²) in [4.78, 5) is 5.62. The molecule has 4 heterocycles. The number of rotatable bonds is 4. The molecule has 2 aliphatic heterocycles. The lowest BCUT2D eigenvalue weighted by molar-refractivity contribution is 0.101. The SMILES string of the molecule is O[C@@H](c1cccs1)[C@H]1CCCN(c2nnnc3cc(N4CCOCC4)ccc23)C1. The number of thiophene rings is 1. The summed E-state index contributed by atoms with van der Waals surface area (Å²) >= 11 is 1.62. The number of fused-ring (bicyclic) bond motifs is 1. The van der Waals surface area contributed by atoms with Gasteiger partial charge in [-0.05, 0) is 47.7 Å². The average molecular weight is 412 g/mol. The third-order valence-electron chi connectivity index (χ3n) is 5.93. The van der Waals surface area contributed by atoms with Crippen LogP contribution in [0.4, 0.5) is 11.5 Å². The van der Waals surface area contributed by atoms with Crippen LogP contribution in [-0.4, -0.2) is 59.9 Å². The van der Waals surface area contributed by atoms with Gasteiger partial charge in [-0.1, -0.05) is 6.07 Å². The van der Waals surface area contributed by atoms with Gasteiger partial charge >= 0.3 is 0 Å². The maximum atomic E-state index is 10.8. The van der Waals surface area contributed by atoms with Crippen molar-refractivity contribution < 1.29 is 9.84 Å². The maximum absolute atomic E-state index is 10.8. The summed E-state index contributed by atoms with van der Waals surface area (Å²) in [5.41, 5.74) is 2.01. The largest absolute Gasteiger partial charge is 0.387 e. The Balaban J connectivity index is 1.40. The lowest BCUT2D eigenvalue weighted by atomic mass is 9.91. The molecule has 2 atom stereocenters. The van der Waals surface area contributed by atoms with Crippen LogP contribution in [0.5, 0.6) is 0 Å². The maximum Gasteiger partial charge on any atom is 0.162 e. The summed E-state index contributed by atoms with van der Waals surface area (Å²) in [5.74, 6) is 1.06. The third-order valence-corrected chi connectivity index (χ3v) is 6.87. The normalized spacial score (nSPS) is 21.5. The van der Waals surface area contributed by atoms with Crippen molar-refractivity contribution >= 4 is 33.7 Å². The lowest BCUT2D eigenvalue weighted by Gasteiger charge is -2.35. The van der Waals surface area contributed by atoms with Gasteiger partial charge in [0.1, 0.15) is 5.52 Å². The van der Waals surface area contributed by atoms with E-state index in [0.717, 1.165) is 79.5 Å². The average Bonchev–Trinajstić information content (AvgIpc) is 3.33. The van der Waals surface area contributed by atoms with Crippen LogP contribution in [0.2, 0.25) is 0 Å². The molecule has 1 aromatic carbocycles. The first-order valence-electron chi connectivity index (χ1n) is 10.2. The monoisotopic (exact) mass is 411 g/mol. The Labute approximate surface area is 173 Å². The number of anilines is 2. The lowest BCUT2D eigenvalue weighted by Crippen LogP contribution is -2.38. The molecule has 0 saturated carbocycles. The minimum atomic E-state index is -0.424. The van der Waals surface area contributed by atoms with Crippen molar-refractivity contribution in [2.45, 2.75) is 18.9 Å². The molecule has 5 rings (SSSR count). The number of hydrogen-bond acceptors (Lipinski definition) is 8. The van der Waals surface area contributed by atoms with Crippen LogP contribution in [0, 0.1) is 5.92 Å². The first-order valence-corrected chi connectivity index (χ1v) is 11.1. The van der Waals surface area contributed by atoms with E-state index in [2.05, 4.69) is 43.4 Å². The molecule has 2 aliphatic rings. The highest BCUT2D eigenvalue weighted by Gasteiger charge is 2.29. The minimum Gasteiger partial charge on any atom is -0.387 e. The number of aliphatic hydroxyl groups is 1. The van der Waals surface area contributed by atoms with E-state index in [4.69, 9.17) is 4.74 Å². The molecule has 8 heteroatoms. The van der Waals surface area contributed by atoms with Crippen LogP contribution >= 0.6 is 11.3 Å². The van der Waals surface area contributed by atoms with Crippen LogP contribution in [0.15, 0.2) is 35.7 Å². The zero-order valence-corrected chi connectivity index (χ0v) is 17.1. The topological polar surface area (TPSA) is 74.6 Å². The smallest absolute Gasteiger partial charge is 0.162 e. The summed E-state index contributed by atoms with van der Waals surface area (Å²) in [6.45, 7) is 5.00. The summed E-state index contributed by atoms with van der Waals surface area (Å²) in [6, 6.07) is 10.4. The van der Waals surface area contributed by atoms with Crippen LogP contribution in [0.25, 0.3) is 10.9 Å². The molecule has 2 saturated heterocycles. The Bertz CT molecular complexity index is 961. The molecule has 0 unspecified atom stereocenters. The van der Waals surface area contributed by atoms with Gasteiger partial charge in [-0.3, -0.25) is 0 Å². The number of aromatic nitrogens is 3. The number of benzene rings is 1. The van der Waals surface area contributed by atoms with E-state index in [1.54, 1.807) is 11.3 Å². The molecule has 3 aromatic rings. The summed E-state index contributed by atoms with van der Waals surface area (Å²) in [5, 5.41) is 26.6. The zero-order valence-electron chi connectivity index (χ0n) is 16.3. The molecule has 7 nitrogen and oxygen atoms in total. The second-order valence-electron chi connectivity index (χ2n) is 7.72. The van der Waals surface area contributed by atoms with Gasteiger partial charge in [0.15, 0.2) is 5.82 Å². The van der Waals surface area contributed by atoms with Crippen LogP contribution in [0.1, 0.15) is 23.8 Å². The Morgan fingerprint density at radius 3 is 2.83 bits per heavy atom. The van der Waals surface area contributed by atoms with Crippen LogP contribution in [0.3, 0.4) is 0 Å². The molecular formula is C21H25N5O2S. The minimum absolute atomic E-state index is 0.194. The summed E-state index contributed by atoms with van der Waals surface area (Å²) in [7, 11) is 0. The molecule has 2 aromatic heterocycles. The molecule has 0 amide bonds. The van der Waals surface area contributed by atoms with Crippen LogP contribution in [-0.2, 0) is 4.74 Å². The molecule has 0 spiro atoms. The van der Waals surface area contributed by atoms with Gasteiger partial charge in [-0.15, -0.1) is 21.5 Å². The number of piperidine rings is 1. The molecule has 1 N–H and O–H groups in total. The second-order valence-corrected chi connectivity index (χ2v) is 8.70. The molecule has 29 heavy (non-hydrogen) atoms. The molecule has 2 fully saturated rings. The number of hydrogen-bond donors (Lipinski definition) is 1. The van der Waals surface area contributed by atoms with E-state index in [1.165, 1.54) is 0 Å². The number of morpholine rings is 1. The van der Waals surface area contributed by atoms with Gasteiger partial charge in [0.05, 0.1) is 19.3 Å². The molecule has 0 aliphatic carbocycles. The van der Waals surface area contributed by atoms with E-state index in [-0.39, 0.29) is 5.92 Å². The Hall–Kier alpha value is -2.29.